The predicted octanol–water partition coefficient (Wildman–Crippen LogP) is 2.76. The minimum Gasteiger partial charge on any atom is -0.388 e. The fourth-order valence-electron chi connectivity index (χ4n) is 2.04. The van der Waals surface area contributed by atoms with E-state index in [1.54, 1.807) is 0 Å². The van der Waals surface area contributed by atoms with E-state index in [4.69, 9.17) is 0 Å². The third-order valence-electron chi connectivity index (χ3n) is 3.10. The first-order valence-corrected chi connectivity index (χ1v) is 6.82. The zero-order valence-electron chi connectivity index (χ0n) is 10.4. The lowest BCUT2D eigenvalue weighted by molar-refractivity contribution is -0.539. The Kier molecular flexibility index (Phi) is 2.89. The quantitative estimate of drug-likeness (QED) is 0.619. The second kappa shape index (κ2) is 4.55. The summed E-state index contributed by atoms with van der Waals surface area (Å²) < 4.78 is 0. The molecule has 3 nitrogen and oxygen atoms in total. The first kappa shape index (κ1) is 11.4. The van der Waals surface area contributed by atoms with Crippen LogP contribution in [-0.4, -0.2) is 14.1 Å². The summed E-state index contributed by atoms with van der Waals surface area (Å²) in [4.78, 5) is 2.55. The van der Waals surface area contributed by atoms with Gasteiger partial charge in [-0.25, -0.2) is 0 Å². The van der Waals surface area contributed by atoms with E-state index in [9.17, 15) is 0 Å². The fraction of sp³-hybridized carbons (Fsp3) is 0.143. The highest BCUT2D eigenvalue weighted by Crippen LogP contribution is 2.45. The molecule has 0 fully saturated rings. The zero-order valence-corrected chi connectivity index (χ0v) is 11.3. The molecule has 2 aromatic rings. The number of hydrogen-bond donors (Lipinski definition) is 3. The van der Waals surface area contributed by atoms with Crippen molar-refractivity contribution in [3.63, 3.8) is 0 Å². The molecule has 3 rings (SSSR count). The number of quaternary nitrogens is 1. The number of fused-ring (bicyclic) bond motifs is 2. The lowest BCUT2D eigenvalue weighted by Gasteiger charge is -2.21. The summed E-state index contributed by atoms with van der Waals surface area (Å²) in [5.41, 5.74) is 4.77. The van der Waals surface area contributed by atoms with Crippen LogP contribution in [0.2, 0.25) is 0 Å². The lowest BCUT2D eigenvalue weighted by Crippen LogP contribution is -2.72. The van der Waals surface area contributed by atoms with E-state index in [-0.39, 0.29) is 0 Å². The predicted molar refractivity (Wildman–Crippen MR) is 77.3 cm³/mol. The van der Waals surface area contributed by atoms with Gasteiger partial charge in [0.05, 0.1) is 18.4 Å². The SMILES string of the molecule is CNc1ccc2c(c1)Sc1cc([NH2+]C)ccc1N2. The Labute approximate surface area is 111 Å². The summed E-state index contributed by atoms with van der Waals surface area (Å²) in [6.07, 6.45) is 0. The van der Waals surface area contributed by atoms with Gasteiger partial charge in [-0.15, -0.1) is 0 Å². The highest BCUT2D eigenvalue weighted by atomic mass is 32.2. The van der Waals surface area contributed by atoms with Crippen molar-refractivity contribution in [1.82, 2.24) is 0 Å². The van der Waals surface area contributed by atoms with Crippen molar-refractivity contribution in [2.45, 2.75) is 9.79 Å². The van der Waals surface area contributed by atoms with Crippen molar-refractivity contribution < 1.29 is 5.32 Å². The second-order valence-electron chi connectivity index (χ2n) is 4.23. The largest absolute Gasteiger partial charge is 0.388 e. The third-order valence-corrected chi connectivity index (χ3v) is 4.21. The van der Waals surface area contributed by atoms with Gasteiger partial charge in [0, 0.05) is 34.7 Å². The molecule has 0 unspecified atom stereocenters. The molecule has 1 aliphatic heterocycles. The van der Waals surface area contributed by atoms with Crippen LogP contribution in [0.15, 0.2) is 46.2 Å². The maximum atomic E-state index is 3.48. The molecule has 0 radical (unpaired) electrons. The van der Waals surface area contributed by atoms with Crippen molar-refractivity contribution in [1.29, 1.82) is 0 Å². The number of anilines is 3. The van der Waals surface area contributed by atoms with Crippen LogP contribution >= 0.6 is 11.8 Å². The molecule has 1 heterocycles. The molecule has 92 valence electrons. The molecule has 0 amide bonds. The monoisotopic (exact) mass is 258 g/mol. The Balaban J connectivity index is 2.01. The van der Waals surface area contributed by atoms with Gasteiger partial charge in [0.2, 0.25) is 0 Å². The average molecular weight is 258 g/mol. The van der Waals surface area contributed by atoms with E-state index in [0.29, 0.717) is 0 Å². The summed E-state index contributed by atoms with van der Waals surface area (Å²) >= 11 is 1.82. The van der Waals surface area contributed by atoms with Crippen LogP contribution < -0.4 is 16.0 Å². The van der Waals surface area contributed by atoms with E-state index < -0.39 is 0 Å². The Morgan fingerprint density at radius 3 is 2.50 bits per heavy atom. The Hall–Kier alpha value is -1.65. The Morgan fingerprint density at radius 2 is 1.78 bits per heavy atom. The molecule has 18 heavy (non-hydrogen) atoms. The number of benzene rings is 2. The van der Waals surface area contributed by atoms with E-state index in [0.717, 1.165) is 5.69 Å². The number of rotatable bonds is 2. The van der Waals surface area contributed by atoms with E-state index in [2.05, 4.69) is 59.4 Å². The Bertz CT molecular complexity index is 544. The number of hydrogen-bond acceptors (Lipinski definition) is 3. The van der Waals surface area contributed by atoms with Gasteiger partial charge in [-0.1, -0.05) is 11.8 Å². The maximum absolute atomic E-state index is 3.48. The van der Waals surface area contributed by atoms with Crippen LogP contribution in [0.5, 0.6) is 0 Å². The van der Waals surface area contributed by atoms with Crippen LogP contribution in [0.1, 0.15) is 0 Å². The molecular weight excluding hydrogens is 242 g/mol. The smallest absolute Gasteiger partial charge is 0.130 e. The van der Waals surface area contributed by atoms with Crippen LogP contribution in [-0.2, 0) is 0 Å². The molecule has 1 aliphatic rings. The summed E-state index contributed by atoms with van der Waals surface area (Å²) in [6.45, 7) is 0. The van der Waals surface area contributed by atoms with Gasteiger partial charge in [0.25, 0.3) is 0 Å². The topological polar surface area (TPSA) is 40.7 Å². The Morgan fingerprint density at radius 1 is 1.06 bits per heavy atom. The maximum Gasteiger partial charge on any atom is 0.130 e. The molecule has 4 N–H and O–H groups in total. The first-order valence-electron chi connectivity index (χ1n) is 6.00. The average Bonchev–Trinajstić information content (AvgIpc) is 2.43. The zero-order chi connectivity index (χ0) is 12.5. The molecule has 0 aromatic heterocycles. The van der Waals surface area contributed by atoms with Crippen LogP contribution in [0, 0.1) is 0 Å². The summed E-state index contributed by atoms with van der Waals surface area (Å²) in [7, 11) is 4.01. The van der Waals surface area contributed by atoms with Crippen LogP contribution in [0.4, 0.5) is 22.7 Å². The number of nitrogens with one attached hydrogen (secondary N) is 2. The second-order valence-corrected chi connectivity index (χ2v) is 5.32. The van der Waals surface area contributed by atoms with Crippen LogP contribution in [0.25, 0.3) is 0 Å². The summed E-state index contributed by atoms with van der Waals surface area (Å²) in [5, 5.41) is 8.78. The molecule has 0 saturated heterocycles. The molecular formula is C14H16N3S+. The molecule has 0 atom stereocenters. The van der Waals surface area contributed by atoms with E-state index in [1.807, 2.05) is 18.8 Å². The van der Waals surface area contributed by atoms with Crippen molar-refractivity contribution >= 4 is 34.5 Å². The molecule has 0 bridgehead atoms. The van der Waals surface area contributed by atoms with Gasteiger partial charge in [0.15, 0.2) is 0 Å². The highest BCUT2D eigenvalue weighted by Gasteiger charge is 2.16. The van der Waals surface area contributed by atoms with Crippen molar-refractivity contribution in [3.05, 3.63) is 36.4 Å². The van der Waals surface area contributed by atoms with Crippen molar-refractivity contribution in [2.24, 2.45) is 0 Å². The highest BCUT2D eigenvalue weighted by molar-refractivity contribution is 7.99. The van der Waals surface area contributed by atoms with Gasteiger partial charge in [0.1, 0.15) is 5.69 Å². The standard InChI is InChI=1S/C14H15N3S/c1-15-9-3-5-11-13(7-9)18-14-8-10(16-2)4-6-12(14)17-11/h3-8,15-17H,1-2H3/p+1. The molecule has 0 spiro atoms. The van der Waals surface area contributed by atoms with E-state index >= 15 is 0 Å². The summed E-state index contributed by atoms with van der Waals surface area (Å²) in [5.74, 6) is 0. The van der Waals surface area contributed by atoms with Crippen molar-refractivity contribution in [2.75, 3.05) is 24.7 Å². The van der Waals surface area contributed by atoms with Crippen LogP contribution in [0.3, 0.4) is 0 Å². The molecule has 2 aromatic carbocycles. The first-order chi connectivity index (χ1) is 8.80. The molecule has 0 aliphatic carbocycles. The fourth-order valence-corrected chi connectivity index (χ4v) is 3.11. The van der Waals surface area contributed by atoms with Gasteiger partial charge >= 0.3 is 0 Å². The minimum absolute atomic E-state index is 1.14. The minimum atomic E-state index is 1.14. The van der Waals surface area contributed by atoms with Crippen molar-refractivity contribution in [3.8, 4) is 0 Å². The lowest BCUT2D eigenvalue weighted by atomic mass is 10.2. The van der Waals surface area contributed by atoms with Gasteiger partial charge in [-0.2, -0.15) is 0 Å². The van der Waals surface area contributed by atoms with Gasteiger partial charge in [-0.05, 0) is 24.3 Å². The van der Waals surface area contributed by atoms with E-state index in [1.165, 1.54) is 26.9 Å². The molecule has 4 heteroatoms. The normalized spacial score (nSPS) is 12.3. The summed E-state index contributed by atoms with van der Waals surface area (Å²) in [6, 6.07) is 12.9. The molecule has 0 saturated carbocycles. The third kappa shape index (κ3) is 1.94. The van der Waals surface area contributed by atoms with Gasteiger partial charge < -0.3 is 16.0 Å². The number of nitrogens with two attached hydrogens (primary N) is 1. The van der Waals surface area contributed by atoms with Gasteiger partial charge in [-0.3, -0.25) is 0 Å².